The van der Waals surface area contributed by atoms with Crippen LogP contribution in [0.25, 0.3) is 0 Å². The van der Waals surface area contributed by atoms with Crippen molar-refractivity contribution >= 4 is 11.7 Å². The third-order valence-corrected chi connectivity index (χ3v) is 3.45. The molecule has 1 aromatic heterocycles. The van der Waals surface area contributed by atoms with E-state index in [4.69, 9.17) is 0 Å². The largest absolute Gasteiger partial charge is 0.355 e. The van der Waals surface area contributed by atoms with Crippen LogP contribution in [0.1, 0.15) is 36.7 Å². The van der Waals surface area contributed by atoms with Crippen molar-refractivity contribution in [3.05, 3.63) is 23.9 Å². The molecule has 1 aliphatic heterocycles. The summed E-state index contributed by atoms with van der Waals surface area (Å²) in [5, 5.41) is 6.28. The Hall–Kier alpha value is -1.62. The SMILES string of the molecule is CCCCNC(=O)c1cccc(N2CCCNCC2)n1. The zero-order chi connectivity index (χ0) is 14.2. The van der Waals surface area contributed by atoms with Crippen molar-refractivity contribution in [1.82, 2.24) is 15.6 Å². The molecule has 0 spiro atoms. The summed E-state index contributed by atoms with van der Waals surface area (Å²) in [5.41, 5.74) is 0.510. The molecule has 0 bridgehead atoms. The average molecular weight is 276 g/mol. The van der Waals surface area contributed by atoms with Gasteiger partial charge in [-0.2, -0.15) is 0 Å². The predicted molar refractivity (Wildman–Crippen MR) is 81.2 cm³/mol. The first-order valence-electron chi connectivity index (χ1n) is 7.52. The highest BCUT2D eigenvalue weighted by molar-refractivity contribution is 5.92. The van der Waals surface area contributed by atoms with Crippen LogP contribution in [-0.4, -0.2) is 43.6 Å². The summed E-state index contributed by atoms with van der Waals surface area (Å²) < 4.78 is 0. The van der Waals surface area contributed by atoms with Crippen LogP contribution in [0.15, 0.2) is 18.2 Å². The van der Waals surface area contributed by atoms with E-state index in [0.29, 0.717) is 5.69 Å². The molecule has 2 rings (SSSR count). The molecule has 1 saturated heterocycles. The monoisotopic (exact) mass is 276 g/mol. The second-order valence-electron chi connectivity index (χ2n) is 5.08. The minimum atomic E-state index is -0.0757. The molecule has 5 heteroatoms. The lowest BCUT2D eigenvalue weighted by Crippen LogP contribution is -2.30. The Morgan fingerprint density at radius 1 is 1.40 bits per heavy atom. The van der Waals surface area contributed by atoms with Gasteiger partial charge in [0.15, 0.2) is 0 Å². The molecule has 5 nitrogen and oxygen atoms in total. The molecule has 20 heavy (non-hydrogen) atoms. The number of anilines is 1. The smallest absolute Gasteiger partial charge is 0.269 e. The maximum Gasteiger partial charge on any atom is 0.269 e. The van der Waals surface area contributed by atoms with E-state index >= 15 is 0 Å². The fourth-order valence-electron chi connectivity index (χ4n) is 2.27. The van der Waals surface area contributed by atoms with E-state index in [1.807, 2.05) is 12.1 Å². The molecular weight excluding hydrogens is 252 g/mol. The number of carbonyl (C=O) groups is 1. The Morgan fingerprint density at radius 2 is 2.30 bits per heavy atom. The second-order valence-corrected chi connectivity index (χ2v) is 5.08. The number of nitrogens with one attached hydrogen (secondary N) is 2. The van der Waals surface area contributed by atoms with Crippen LogP contribution >= 0.6 is 0 Å². The van der Waals surface area contributed by atoms with Gasteiger partial charge in [-0.15, -0.1) is 0 Å². The van der Waals surface area contributed by atoms with Gasteiger partial charge in [-0.05, 0) is 31.5 Å². The van der Waals surface area contributed by atoms with E-state index in [-0.39, 0.29) is 5.91 Å². The first kappa shape index (κ1) is 14.8. The number of hydrogen-bond acceptors (Lipinski definition) is 4. The lowest BCUT2D eigenvalue weighted by atomic mass is 10.3. The number of unbranched alkanes of at least 4 members (excludes halogenated alkanes) is 1. The fourth-order valence-corrected chi connectivity index (χ4v) is 2.27. The van der Waals surface area contributed by atoms with Crippen molar-refractivity contribution in [3.8, 4) is 0 Å². The highest BCUT2D eigenvalue weighted by Crippen LogP contribution is 2.12. The van der Waals surface area contributed by atoms with Gasteiger partial charge in [0.2, 0.25) is 0 Å². The van der Waals surface area contributed by atoms with Crippen LogP contribution in [0.4, 0.5) is 5.82 Å². The van der Waals surface area contributed by atoms with Gasteiger partial charge in [0.25, 0.3) is 5.91 Å². The summed E-state index contributed by atoms with van der Waals surface area (Å²) in [7, 11) is 0. The van der Waals surface area contributed by atoms with Crippen molar-refractivity contribution in [1.29, 1.82) is 0 Å². The molecular formula is C15H24N4O. The second kappa shape index (κ2) is 7.85. The third kappa shape index (κ3) is 4.20. The molecule has 0 aliphatic carbocycles. The highest BCUT2D eigenvalue weighted by atomic mass is 16.1. The maximum absolute atomic E-state index is 12.0. The van der Waals surface area contributed by atoms with Crippen LogP contribution in [0, 0.1) is 0 Å². The minimum absolute atomic E-state index is 0.0757. The first-order valence-corrected chi connectivity index (χ1v) is 7.52. The summed E-state index contributed by atoms with van der Waals surface area (Å²) in [6.45, 7) is 6.77. The average Bonchev–Trinajstić information content (AvgIpc) is 2.76. The van der Waals surface area contributed by atoms with E-state index in [2.05, 4.69) is 27.4 Å². The van der Waals surface area contributed by atoms with Gasteiger partial charge in [0.05, 0.1) is 0 Å². The fraction of sp³-hybridized carbons (Fsp3) is 0.600. The van der Waals surface area contributed by atoms with Crippen molar-refractivity contribution in [2.75, 3.05) is 37.6 Å². The van der Waals surface area contributed by atoms with Gasteiger partial charge >= 0.3 is 0 Å². The van der Waals surface area contributed by atoms with Crippen molar-refractivity contribution < 1.29 is 4.79 Å². The van der Waals surface area contributed by atoms with Gasteiger partial charge in [0.1, 0.15) is 11.5 Å². The summed E-state index contributed by atoms with van der Waals surface area (Å²) in [5.74, 6) is 0.824. The molecule has 1 amide bonds. The minimum Gasteiger partial charge on any atom is -0.355 e. The lowest BCUT2D eigenvalue weighted by Gasteiger charge is -2.21. The van der Waals surface area contributed by atoms with Gasteiger partial charge in [0, 0.05) is 26.2 Å². The number of pyridine rings is 1. The standard InChI is InChI=1S/C15H24N4O/c1-2-3-9-17-15(20)13-6-4-7-14(18-13)19-11-5-8-16-10-12-19/h4,6-7,16H,2-3,5,8-12H2,1H3,(H,17,20). The zero-order valence-corrected chi connectivity index (χ0v) is 12.2. The number of hydrogen-bond donors (Lipinski definition) is 2. The molecule has 2 heterocycles. The van der Waals surface area contributed by atoms with Crippen LogP contribution in [0.5, 0.6) is 0 Å². The van der Waals surface area contributed by atoms with E-state index < -0.39 is 0 Å². The lowest BCUT2D eigenvalue weighted by molar-refractivity contribution is 0.0948. The highest BCUT2D eigenvalue weighted by Gasteiger charge is 2.13. The molecule has 0 radical (unpaired) electrons. The summed E-state index contributed by atoms with van der Waals surface area (Å²) in [4.78, 5) is 18.8. The number of amides is 1. The Labute approximate surface area is 120 Å². The normalized spacial score (nSPS) is 15.8. The predicted octanol–water partition coefficient (Wildman–Crippen LogP) is 1.41. The molecule has 1 aliphatic rings. The number of aromatic nitrogens is 1. The molecule has 2 N–H and O–H groups in total. The van der Waals surface area contributed by atoms with Gasteiger partial charge in [-0.25, -0.2) is 4.98 Å². The quantitative estimate of drug-likeness (QED) is 0.798. The Kier molecular flexibility index (Phi) is 5.80. The third-order valence-electron chi connectivity index (χ3n) is 3.45. The summed E-state index contributed by atoms with van der Waals surface area (Å²) in [6.07, 6.45) is 3.19. The Balaban J connectivity index is 2.01. The molecule has 1 aromatic rings. The molecule has 0 atom stereocenters. The molecule has 110 valence electrons. The van der Waals surface area contributed by atoms with Crippen LogP contribution < -0.4 is 15.5 Å². The van der Waals surface area contributed by atoms with Gasteiger partial charge < -0.3 is 15.5 Å². The van der Waals surface area contributed by atoms with E-state index in [1.54, 1.807) is 6.07 Å². The summed E-state index contributed by atoms with van der Waals surface area (Å²) in [6, 6.07) is 5.67. The molecule has 0 saturated carbocycles. The van der Waals surface area contributed by atoms with E-state index in [0.717, 1.165) is 57.8 Å². The first-order chi connectivity index (χ1) is 9.81. The zero-order valence-electron chi connectivity index (χ0n) is 12.2. The van der Waals surface area contributed by atoms with Crippen LogP contribution in [-0.2, 0) is 0 Å². The molecule has 0 unspecified atom stereocenters. The number of nitrogens with zero attached hydrogens (tertiary/aromatic N) is 2. The van der Waals surface area contributed by atoms with Gasteiger partial charge in [-0.1, -0.05) is 19.4 Å². The number of carbonyl (C=O) groups excluding carboxylic acids is 1. The van der Waals surface area contributed by atoms with E-state index in [1.165, 1.54) is 0 Å². The Morgan fingerprint density at radius 3 is 3.15 bits per heavy atom. The maximum atomic E-state index is 12.0. The Bertz CT molecular complexity index is 428. The van der Waals surface area contributed by atoms with Gasteiger partial charge in [-0.3, -0.25) is 4.79 Å². The van der Waals surface area contributed by atoms with Crippen molar-refractivity contribution in [3.63, 3.8) is 0 Å². The number of rotatable bonds is 5. The summed E-state index contributed by atoms with van der Waals surface area (Å²) >= 11 is 0. The molecule has 1 fully saturated rings. The van der Waals surface area contributed by atoms with Crippen LogP contribution in [0.2, 0.25) is 0 Å². The van der Waals surface area contributed by atoms with Crippen LogP contribution in [0.3, 0.4) is 0 Å². The molecule has 0 aromatic carbocycles. The van der Waals surface area contributed by atoms with E-state index in [9.17, 15) is 4.79 Å². The van der Waals surface area contributed by atoms with Crippen molar-refractivity contribution in [2.45, 2.75) is 26.2 Å². The topological polar surface area (TPSA) is 57.3 Å². The van der Waals surface area contributed by atoms with Crippen molar-refractivity contribution in [2.24, 2.45) is 0 Å².